The zero-order chi connectivity index (χ0) is 21.3. The summed E-state index contributed by atoms with van der Waals surface area (Å²) in [6.45, 7) is 1.86. The maximum Gasteiger partial charge on any atom is 0.257 e. The summed E-state index contributed by atoms with van der Waals surface area (Å²) in [5, 5.41) is 15.0. The molecular weight excluding hydrogens is 425 g/mol. The number of hydrogen-bond acceptors (Lipinski definition) is 4. The van der Waals surface area contributed by atoms with Crippen LogP contribution in [0, 0.1) is 12.7 Å². The van der Waals surface area contributed by atoms with Crippen molar-refractivity contribution in [3.05, 3.63) is 82.6 Å². The van der Waals surface area contributed by atoms with Crippen molar-refractivity contribution in [2.45, 2.75) is 6.92 Å². The topological polar surface area (TPSA) is 71.8 Å². The first kappa shape index (κ1) is 19.9. The van der Waals surface area contributed by atoms with E-state index in [-0.39, 0.29) is 16.8 Å². The number of anilines is 1. The van der Waals surface area contributed by atoms with Crippen LogP contribution in [0.4, 0.5) is 10.1 Å². The molecule has 0 aliphatic heterocycles. The van der Waals surface area contributed by atoms with Crippen LogP contribution in [-0.4, -0.2) is 26.0 Å². The highest BCUT2D eigenvalue weighted by Gasteiger charge is 2.11. The van der Waals surface area contributed by atoms with Crippen LogP contribution in [0.15, 0.2) is 60.7 Å². The second kappa shape index (κ2) is 8.17. The predicted molar refractivity (Wildman–Crippen MR) is 119 cm³/mol. The Balaban J connectivity index is 1.47. The number of nitrogens with one attached hydrogen (secondary N) is 2. The summed E-state index contributed by atoms with van der Waals surface area (Å²) in [6.07, 6.45) is 0. The molecule has 4 aromatic rings. The standard InChI is InChI=1S/C21H15ClFN5OS/c1-12-2-3-13(10-17(12)22)20(29)25-21(30)24-15-6-9-18-19(11-15)27-28(26-18)16-7-4-14(23)5-8-16/h2-11H,1H3,(H2,24,25,29,30). The highest BCUT2D eigenvalue weighted by molar-refractivity contribution is 7.80. The molecule has 0 spiro atoms. The Kier molecular flexibility index (Phi) is 5.43. The quantitative estimate of drug-likeness (QED) is 0.455. The Labute approximate surface area is 181 Å². The molecule has 3 aromatic carbocycles. The van der Waals surface area contributed by atoms with Crippen LogP contribution in [0.1, 0.15) is 15.9 Å². The molecule has 0 unspecified atom stereocenters. The van der Waals surface area contributed by atoms with Crippen LogP contribution >= 0.6 is 23.8 Å². The molecule has 0 fully saturated rings. The van der Waals surface area contributed by atoms with Gasteiger partial charge >= 0.3 is 0 Å². The third kappa shape index (κ3) is 4.29. The molecule has 30 heavy (non-hydrogen) atoms. The van der Waals surface area contributed by atoms with Crippen molar-refractivity contribution in [1.82, 2.24) is 20.3 Å². The Morgan fingerprint density at radius 3 is 2.50 bits per heavy atom. The van der Waals surface area contributed by atoms with Crippen molar-refractivity contribution < 1.29 is 9.18 Å². The molecule has 0 aliphatic carbocycles. The summed E-state index contributed by atoms with van der Waals surface area (Å²) in [5.74, 6) is -0.692. The maximum absolute atomic E-state index is 13.1. The number of carbonyl (C=O) groups excluding carboxylic acids is 1. The molecule has 0 atom stereocenters. The Hall–Kier alpha value is -3.36. The van der Waals surface area contributed by atoms with Gasteiger partial charge in [0.1, 0.15) is 16.9 Å². The molecule has 150 valence electrons. The number of benzene rings is 3. The van der Waals surface area contributed by atoms with Gasteiger partial charge in [0.2, 0.25) is 0 Å². The predicted octanol–water partition coefficient (Wildman–Crippen LogP) is 4.65. The molecule has 4 rings (SSSR count). The van der Waals surface area contributed by atoms with Gasteiger partial charge < -0.3 is 5.32 Å². The molecule has 0 saturated heterocycles. The van der Waals surface area contributed by atoms with Crippen LogP contribution in [-0.2, 0) is 0 Å². The fraction of sp³-hybridized carbons (Fsp3) is 0.0476. The maximum atomic E-state index is 13.1. The highest BCUT2D eigenvalue weighted by atomic mass is 35.5. The summed E-state index contributed by atoms with van der Waals surface area (Å²) in [7, 11) is 0. The zero-order valence-corrected chi connectivity index (χ0v) is 17.3. The molecule has 0 saturated carbocycles. The minimum Gasteiger partial charge on any atom is -0.332 e. The van der Waals surface area contributed by atoms with Gasteiger partial charge in [-0.3, -0.25) is 10.1 Å². The SMILES string of the molecule is Cc1ccc(C(=O)NC(=S)Nc2ccc3nn(-c4ccc(F)cc4)nc3c2)cc1Cl. The van der Waals surface area contributed by atoms with Gasteiger partial charge in [0, 0.05) is 16.3 Å². The normalized spacial score (nSPS) is 10.8. The second-order valence-electron chi connectivity index (χ2n) is 6.54. The van der Waals surface area contributed by atoms with Gasteiger partial charge in [-0.2, -0.15) is 4.80 Å². The first-order chi connectivity index (χ1) is 14.4. The van der Waals surface area contributed by atoms with Gasteiger partial charge in [0.15, 0.2) is 5.11 Å². The van der Waals surface area contributed by atoms with E-state index in [1.807, 2.05) is 6.92 Å². The lowest BCUT2D eigenvalue weighted by atomic mass is 10.1. The number of nitrogens with zero attached hydrogens (tertiary/aromatic N) is 3. The first-order valence-electron chi connectivity index (χ1n) is 8.90. The van der Waals surface area contributed by atoms with Crippen molar-refractivity contribution in [3.8, 4) is 5.69 Å². The number of carbonyl (C=O) groups is 1. The number of aromatic nitrogens is 3. The molecule has 0 aliphatic rings. The van der Waals surface area contributed by atoms with Crippen LogP contribution in [0.2, 0.25) is 5.02 Å². The molecule has 9 heteroatoms. The third-order valence-corrected chi connectivity index (χ3v) is 4.97. The smallest absolute Gasteiger partial charge is 0.257 e. The molecule has 0 radical (unpaired) electrons. The summed E-state index contributed by atoms with van der Waals surface area (Å²) in [6, 6.07) is 16.2. The third-order valence-electron chi connectivity index (χ3n) is 4.36. The van der Waals surface area contributed by atoms with E-state index in [0.717, 1.165) is 5.56 Å². The zero-order valence-electron chi connectivity index (χ0n) is 15.7. The lowest BCUT2D eigenvalue weighted by Gasteiger charge is -2.10. The molecule has 2 N–H and O–H groups in total. The fourth-order valence-electron chi connectivity index (χ4n) is 2.75. The second-order valence-corrected chi connectivity index (χ2v) is 7.36. The van der Waals surface area contributed by atoms with Gasteiger partial charge in [-0.1, -0.05) is 17.7 Å². The fourth-order valence-corrected chi connectivity index (χ4v) is 3.15. The van der Waals surface area contributed by atoms with E-state index in [4.69, 9.17) is 23.8 Å². The van der Waals surface area contributed by atoms with E-state index in [1.165, 1.54) is 16.9 Å². The van der Waals surface area contributed by atoms with Crippen LogP contribution < -0.4 is 10.6 Å². The molecule has 0 bridgehead atoms. The van der Waals surface area contributed by atoms with Crippen molar-refractivity contribution in [3.63, 3.8) is 0 Å². The van der Waals surface area contributed by atoms with Crippen molar-refractivity contribution in [2.75, 3.05) is 5.32 Å². The highest BCUT2D eigenvalue weighted by Crippen LogP contribution is 2.19. The van der Waals surface area contributed by atoms with Crippen molar-refractivity contribution >= 4 is 51.6 Å². The van der Waals surface area contributed by atoms with E-state index < -0.39 is 0 Å². The average Bonchev–Trinajstić information content (AvgIpc) is 3.13. The monoisotopic (exact) mass is 439 g/mol. The Morgan fingerprint density at radius 2 is 1.77 bits per heavy atom. The molecule has 1 aromatic heterocycles. The number of hydrogen-bond donors (Lipinski definition) is 2. The van der Waals surface area contributed by atoms with Gasteiger partial charge in [-0.15, -0.1) is 10.2 Å². The minimum atomic E-state index is -0.363. The average molecular weight is 440 g/mol. The number of rotatable bonds is 3. The number of aryl methyl sites for hydroxylation is 1. The number of halogens is 2. The lowest BCUT2D eigenvalue weighted by Crippen LogP contribution is -2.34. The van der Waals surface area contributed by atoms with Crippen LogP contribution in [0.25, 0.3) is 16.7 Å². The minimum absolute atomic E-state index is 0.141. The molecule has 1 amide bonds. The van der Waals surface area contributed by atoms with Crippen LogP contribution in [0.3, 0.4) is 0 Å². The van der Waals surface area contributed by atoms with E-state index in [0.29, 0.717) is 33.0 Å². The number of fused-ring (bicyclic) bond motifs is 1. The summed E-state index contributed by atoms with van der Waals surface area (Å²) in [5.41, 5.74) is 3.85. The van der Waals surface area contributed by atoms with Gasteiger partial charge in [0.25, 0.3) is 5.91 Å². The summed E-state index contributed by atoms with van der Waals surface area (Å²) < 4.78 is 13.1. The van der Waals surface area contributed by atoms with E-state index >= 15 is 0 Å². The van der Waals surface area contributed by atoms with E-state index in [2.05, 4.69) is 20.8 Å². The largest absolute Gasteiger partial charge is 0.332 e. The number of thiocarbonyl (C=S) groups is 1. The van der Waals surface area contributed by atoms with Gasteiger partial charge in [0.05, 0.1) is 5.69 Å². The number of amides is 1. The van der Waals surface area contributed by atoms with Gasteiger partial charge in [-0.05, 0) is 79.3 Å². The van der Waals surface area contributed by atoms with E-state index in [1.54, 1.807) is 48.5 Å². The summed E-state index contributed by atoms with van der Waals surface area (Å²) >= 11 is 11.3. The van der Waals surface area contributed by atoms with Crippen molar-refractivity contribution in [1.29, 1.82) is 0 Å². The van der Waals surface area contributed by atoms with Gasteiger partial charge in [-0.25, -0.2) is 4.39 Å². The Bertz CT molecular complexity index is 1270. The molecule has 1 heterocycles. The van der Waals surface area contributed by atoms with Crippen molar-refractivity contribution in [2.24, 2.45) is 0 Å². The molecule has 6 nitrogen and oxygen atoms in total. The summed E-state index contributed by atoms with van der Waals surface area (Å²) in [4.78, 5) is 13.8. The van der Waals surface area contributed by atoms with E-state index in [9.17, 15) is 9.18 Å². The first-order valence-corrected chi connectivity index (χ1v) is 9.69. The molecular formula is C21H15ClFN5OS. The Morgan fingerprint density at radius 1 is 1.03 bits per heavy atom. The van der Waals surface area contributed by atoms with Crippen LogP contribution in [0.5, 0.6) is 0 Å². The lowest BCUT2D eigenvalue weighted by molar-refractivity contribution is 0.0977.